The molecule has 5 heteroatoms. The van der Waals surface area contributed by atoms with Crippen LogP contribution in [-0.4, -0.2) is 46.2 Å². The summed E-state index contributed by atoms with van der Waals surface area (Å²) in [7, 11) is -1.66. The zero-order chi connectivity index (χ0) is 16.9. The van der Waals surface area contributed by atoms with E-state index in [0.29, 0.717) is 6.61 Å². The van der Waals surface area contributed by atoms with Crippen LogP contribution in [0.2, 0.25) is 18.1 Å². The summed E-state index contributed by atoms with van der Waals surface area (Å²) in [5.41, 5.74) is 1.11. The van der Waals surface area contributed by atoms with E-state index in [0.717, 1.165) is 37.7 Å². The van der Waals surface area contributed by atoms with E-state index < -0.39 is 8.32 Å². The molecule has 1 aromatic heterocycles. The van der Waals surface area contributed by atoms with Gasteiger partial charge in [0.2, 0.25) is 0 Å². The molecule has 0 spiro atoms. The fourth-order valence-corrected chi connectivity index (χ4v) is 3.08. The van der Waals surface area contributed by atoms with E-state index in [1.807, 2.05) is 6.20 Å². The van der Waals surface area contributed by atoms with Gasteiger partial charge in [-0.3, -0.25) is 0 Å². The molecule has 0 atom stereocenters. The van der Waals surface area contributed by atoms with Crippen molar-refractivity contribution in [2.24, 2.45) is 0 Å². The summed E-state index contributed by atoms with van der Waals surface area (Å²) in [4.78, 5) is 6.82. The molecule has 0 N–H and O–H groups in total. The predicted octanol–water partition coefficient (Wildman–Crippen LogP) is 3.95. The fourth-order valence-electron chi connectivity index (χ4n) is 2.13. The third-order valence-corrected chi connectivity index (χ3v) is 9.26. The molecular formula is C18H30N2O2Si. The number of anilines is 1. The second-order valence-electron chi connectivity index (χ2n) is 7.52. The van der Waals surface area contributed by atoms with E-state index in [4.69, 9.17) is 9.16 Å². The molecule has 1 aromatic rings. The molecule has 128 valence electrons. The van der Waals surface area contributed by atoms with Crippen molar-refractivity contribution < 1.29 is 9.16 Å². The van der Waals surface area contributed by atoms with Crippen LogP contribution >= 0.6 is 0 Å². The Kier molecular flexibility index (Phi) is 6.00. The molecule has 1 saturated heterocycles. The first-order valence-electron chi connectivity index (χ1n) is 8.39. The van der Waals surface area contributed by atoms with Crippen LogP contribution in [0.4, 0.5) is 5.82 Å². The van der Waals surface area contributed by atoms with Gasteiger partial charge in [-0.1, -0.05) is 32.9 Å². The predicted molar refractivity (Wildman–Crippen MR) is 99.5 cm³/mol. The molecule has 1 fully saturated rings. The summed E-state index contributed by atoms with van der Waals surface area (Å²) in [6.07, 6.45) is 6.10. The Hall–Kier alpha value is -1.17. The second-order valence-corrected chi connectivity index (χ2v) is 12.3. The summed E-state index contributed by atoms with van der Waals surface area (Å²) in [6, 6.07) is 4.19. The zero-order valence-corrected chi connectivity index (χ0v) is 16.1. The molecule has 1 aliphatic rings. The molecule has 2 heterocycles. The van der Waals surface area contributed by atoms with Gasteiger partial charge in [0.05, 0.1) is 19.8 Å². The lowest BCUT2D eigenvalue weighted by Crippen LogP contribution is -2.40. The molecule has 0 saturated carbocycles. The smallest absolute Gasteiger partial charge is 0.192 e. The van der Waals surface area contributed by atoms with Crippen LogP contribution in [0.15, 0.2) is 24.4 Å². The van der Waals surface area contributed by atoms with E-state index in [9.17, 15) is 0 Å². The van der Waals surface area contributed by atoms with Crippen LogP contribution < -0.4 is 4.90 Å². The minimum absolute atomic E-state index is 0.252. The topological polar surface area (TPSA) is 34.6 Å². The highest BCUT2D eigenvalue weighted by Crippen LogP contribution is 2.36. The third-order valence-electron chi connectivity index (χ3n) is 4.76. The maximum absolute atomic E-state index is 6.14. The average Bonchev–Trinajstić information content (AvgIpc) is 2.52. The van der Waals surface area contributed by atoms with Gasteiger partial charge in [-0.15, -0.1) is 0 Å². The summed E-state index contributed by atoms with van der Waals surface area (Å²) < 4.78 is 11.5. The molecule has 0 bridgehead atoms. The summed E-state index contributed by atoms with van der Waals surface area (Å²) in [6.45, 7) is 15.4. The highest BCUT2D eigenvalue weighted by molar-refractivity contribution is 6.74. The van der Waals surface area contributed by atoms with E-state index in [1.54, 1.807) is 0 Å². The normalized spacial score (nSPS) is 17.0. The van der Waals surface area contributed by atoms with Gasteiger partial charge in [0.25, 0.3) is 0 Å². The van der Waals surface area contributed by atoms with Crippen molar-refractivity contribution in [3.8, 4) is 0 Å². The fraction of sp³-hybridized carbons (Fsp3) is 0.611. The lowest BCUT2D eigenvalue weighted by molar-refractivity contribution is 0.122. The SMILES string of the molecule is CC(C)(C)[Si](C)(C)OC/C=C/c1ccc(N2CCOCC2)nc1. The van der Waals surface area contributed by atoms with Crippen LogP contribution in [-0.2, 0) is 9.16 Å². The minimum Gasteiger partial charge on any atom is -0.413 e. The summed E-state index contributed by atoms with van der Waals surface area (Å²) in [5.74, 6) is 1.03. The second kappa shape index (κ2) is 7.60. The highest BCUT2D eigenvalue weighted by atomic mass is 28.4. The van der Waals surface area contributed by atoms with Crippen molar-refractivity contribution >= 4 is 20.2 Å². The zero-order valence-electron chi connectivity index (χ0n) is 15.1. The Labute approximate surface area is 141 Å². The van der Waals surface area contributed by atoms with Crippen LogP contribution in [0.3, 0.4) is 0 Å². The molecule has 0 unspecified atom stereocenters. The molecule has 0 aromatic carbocycles. The molecule has 2 rings (SSSR count). The number of rotatable bonds is 5. The van der Waals surface area contributed by atoms with Gasteiger partial charge in [0, 0.05) is 19.3 Å². The van der Waals surface area contributed by atoms with Crippen LogP contribution in [0.5, 0.6) is 0 Å². The first-order valence-corrected chi connectivity index (χ1v) is 11.3. The highest BCUT2D eigenvalue weighted by Gasteiger charge is 2.36. The number of hydrogen-bond donors (Lipinski definition) is 0. The van der Waals surface area contributed by atoms with Gasteiger partial charge < -0.3 is 14.1 Å². The Balaban J connectivity index is 1.86. The van der Waals surface area contributed by atoms with E-state index in [2.05, 4.69) is 68.0 Å². The number of aromatic nitrogens is 1. The van der Waals surface area contributed by atoms with Gasteiger partial charge in [0.1, 0.15) is 5.82 Å². The van der Waals surface area contributed by atoms with E-state index in [-0.39, 0.29) is 5.04 Å². The molecule has 23 heavy (non-hydrogen) atoms. The number of morpholine rings is 1. The van der Waals surface area contributed by atoms with Gasteiger partial charge in [0.15, 0.2) is 8.32 Å². The monoisotopic (exact) mass is 334 g/mol. The lowest BCUT2D eigenvalue weighted by atomic mass is 10.2. The number of pyridine rings is 1. The van der Waals surface area contributed by atoms with Crippen molar-refractivity contribution in [3.63, 3.8) is 0 Å². The maximum atomic E-state index is 6.14. The Morgan fingerprint density at radius 3 is 2.52 bits per heavy atom. The molecule has 0 aliphatic carbocycles. The van der Waals surface area contributed by atoms with Crippen molar-refractivity contribution in [2.75, 3.05) is 37.8 Å². The van der Waals surface area contributed by atoms with Crippen molar-refractivity contribution in [2.45, 2.75) is 38.9 Å². The van der Waals surface area contributed by atoms with Crippen molar-refractivity contribution in [1.29, 1.82) is 0 Å². The summed E-state index contributed by atoms with van der Waals surface area (Å²) >= 11 is 0. The number of ether oxygens (including phenoxy) is 1. The van der Waals surface area contributed by atoms with E-state index >= 15 is 0 Å². The Bertz CT molecular complexity index is 515. The molecule has 1 aliphatic heterocycles. The number of nitrogens with zero attached hydrogens (tertiary/aromatic N) is 2. The molecule has 4 nitrogen and oxygen atoms in total. The largest absolute Gasteiger partial charge is 0.413 e. The van der Waals surface area contributed by atoms with Crippen LogP contribution in [0.1, 0.15) is 26.3 Å². The maximum Gasteiger partial charge on any atom is 0.192 e. The quantitative estimate of drug-likeness (QED) is 0.764. The molecular weight excluding hydrogens is 304 g/mol. The summed E-state index contributed by atoms with van der Waals surface area (Å²) in [5, 5.41) is 0.252. The number of hydrogen-bond acceptors (Lipinski definition) is 4. The first-order chi connectivity index (χ1) is 10.8. The van der Waals surface area contributed by atoms with Crippen LogP contribution in [0.25, 0.3) is 6.08 Å². The van der Waals surface area contributed by atoms with Crippen molar-refractivity contribution in [3.05, 3.63) is 30.0 Å². The Morgan fingerprint density at radius 2 is 1.96 bits per heavy atom. The van der Waals surface area contributed by atoms with Crippen LogP contribution in [0, 0.1) is 0 Å². The third kappa shape index (κ3) is 5.16. The first kappa shape index (κ1) is 18.2. The van der Waals surface area contributed by atoms with Gasteiger partial charge >= 0.3 is 0 Å². The van der Waals surface area contributed by atoms with Crippen molar-refractivity contribution in [1.82, 2.24) is 4.98 Å². The van der Waals surface area contributed by atoms with Gasteiger partial charge in [-0.05, 0) is 35.8 Å². The van der Waals surface area contributed by atoms with Gasteiger partial charge in [-0.2, -0.15) is 0 Å². The minimum atomic E-state index is -1.66. The average molecular weight is 335 g/mol. The lowest BCUT2D eigenvalue weighted by Gasteiger charge is -2.35. The Morgan fingerprint density at radius 1 is 1.26 bits per heavy atom. The molecule has 0 radical (unpaired) electrons. The van der Waals surface area contributed by atoms with Gasteiger partial charge in [-0.25, -0.2) is 4.98 Å². The van der Waals surface area contributed by atoms with E-state index in [1.165, 1.54) is 0 Å². The molecule has 0 amide bonds. The standard InChI is InChI=1S/C18H30N2O2Si/c1-18(2,3)23(4,5)22-12-6-7-16-8-9-17(19-15-16)20-10-13-21-14-11-20/h6-9,15H,10-14H2,1-5H3/b7-6+.